The Labute approximate surface area is 111 Å². The van der Waals surface area contributed by atoms with E-state index in [0.29, 0.717) is 18.4 Å². The second-order valence-electron chi connectivity index (χ2n) is 5.46. The van der Waals surface area contributed by atoms with Crippen LogP contribution in [0.3, 0.4) is 0 Å². The van der Waals surface area contributed by atoms with Crippen LogP contribution in [0.2, 0.25) is 0 Å². The molecule has 0 aromatic rings. The van der Waals surface area contributed by atoms with Gasteiger partial charge in [0.1, 0.15) is 0 Å². The van der Waals surface area contributed by atoms with Crippen LogP contribution in [0.4, 0.5) is 0 Å². The van der Waals surface area contributed by atoms with Gasteiger partial charge in [0.25, 0.3) is 0 Å². The third kappa shape index (κ3) is 4.67. The number of nitrogens with one attached hydrogen (secondary N) is 1. The topological polar surface area (TPSA) is 44.7 Å². The molecule has 1 aliphatic rings. The Balaban J connectivity index is 2.69. The molecule has 104 valence electrons. The van der Waals surface area contributed by atoms with Crippen LogP contribution in [0.1, 0.15) is 53.4 Å². The first kappa shape index (κ1) is 15.0. The molecule has 0 saturated carbocycles. The summed E-state index contributed by atoms with van der Waals surface area (Å²) in [7, 11) is 0. The van der Waals surface area contributed by atoms with Crippen LogP contribution < -0.4 is 5.43 Å². The highest BCUT2D eigenvalue weighted by Gasteiger charge is 2.17. The molecule has 0 fully saturated rings. The van der Waals surface area contributed by atoms with Crippen LogP contribution in [0, 0.1) is 5.92 Å². The van der Waals surface area contributed by atoms with Gasteiger partial charge in [0, 0.05) is 37.7 Å². The van der Waals surface area contributed by atoms with Gasteiger partial charge in [-0.2, -0.15) is 5.10 Å². The van der Waals surface area contributed by atoms with E-state index in [-0.39, 0.29) is 5.91 Å². The van der Waals surface area contributed by atoms with Crippen molar-refractivity contribution in [2.75, 3.05) is 13.1 Å². The summed E-state index contributed by atoms with van der Waals surface area (Å²) in [5.41, 5.74) is 4.36. The van der Waals surface area contributed by atoms with Crippen molar-refractivity contribution >= 4 is 11.6 Å². The van der Waals surface area contributed by atoms with E-state index in [2.05, 4.69) is 38.2 Å². The molecule has 0 aliphatic carbocycles. The lowest BCUT2D eigenvalue weighted by Gasteiger charge is -2.23. The Bertz CT molecular complexity index is 299. The van der Waals surface area contributed by atoms with Gasteiger partial charge in [-0.05, 0) is 25.7 Å². The fraction of sp³-hybridized carbons (Fsp3) is 0.857. The SMILES string of the molecule is CCCC(=O)N1CC/C(C(C)C)=N\NC(C)CC1. The van der Waals surface area contributed by atoms with Crippen LogP contribution in [0.5, 0.6) is 0 Å². The van der Waals surface area contributed by atoms with E-state index >= 15 is 0 Å². The molecule has 4 nitrogen and oxygen atoms in total. The summed E-state index contributed by atoms with van der Waals surface area (Å²) in [6.45, 7) is 10.1. The molecule has 0 aromatic carbocycles. The normalized spacial score (nSPS) is 24.6. The van der Waals surface area contributed by atoms with Gasteiger partial charge in [-0.3, -0.25) is 4.79 Å². The largest absolute Gasteiger partial charge is 0.342 e. The highest BCUT2D eigenvalue weighted by Crippen LogP contribution is 2.09. The molecule has 1 N–H and O–H groups in total. The Morgan fingerprint density at radius 2 is 2.22 bits per heavy atom. The quantitative estimate of drug-likeness (QED) is 0.839. The number of hydrazone groups is 1. The Morgan fingerprint density at radius 1 is 1.50 bits per heavy atom. The smallest absolute Gasteiger partial charge is 0.222 e. The fourth-order valence-corrected chi connectivity index (χ4v) is 2.06. The van der Waals surface area contributed by atoms with Crippen molar-refractivity contribution in [2.24, 2.45) is 11.0 Å². The van der Waals surface area contributed by atoms with E-state index in [1.54, 1.807) is 0 Å². The van der Waals surface area contributed by atoms with E-state index in [9.17, 15) is 4.79 Å². The highest BCUT2D eigenvalue weighted by atomic mass is 16.2. The highest BCUT2D eigenvalue weighted by molar-refractivity contribution is 5.86. The Hall–Kier alpha value is -1.06. The fourth-order valence-electron chi connectivity index (χ4n) is 2.06. The Kier molecular flexibility index (Phi) is 6.16. The summed E-state index contributed by atoms with van der Waals surface area (Å²) in [6, 6.07) is 0.328. The zero-order valence-corrected chi connectivity index (χ0v) is 12.2. The number of hydrogen-bond acceptors (Lipinski definition) is 3. The van der Waals surface area contributed by atoms with E-state index in [1.807, 2.05) is 4.90 Å². The van der Waals surface area contributed by atoms with Crippen molar-refractivity contribution in [2.45, 2.75) is 59.4 Å². The van der Waals surface area contributed by atoms with Gasteiger partial charge in [-0.25, -0.2) is 0 Å². The molecular weight excluding hydrogens is 226 g/mol. The zero-order chi connectivity index (χ0) is 13.5. The average Bonchev–Trinajstić information content (AvgIpc) is 2.40. The summed E-state index contributed by atoms with van der Waals surface area (Å²) < 4.78 is 0. The minimum absolute atomic E-state index is 0.287. The first-order valence-corrected chi connectivity index (χ1v) is 7.14. The predicted octanol–water partition coefficient (Wildman–Crippen LogP) is 2.40. The molecule has 0 saturated heterocycles. The maximum absolute atomic E-state index is 12.0. The molecule has 4 heteroatoms. The molecule has 1 rings (SSSR count). The van der Waals surface area contributed by atoms with Crippen molar-refractivity contribution < 1.29 is 4.79 Å². The van der Waals surface area contributed by atoms with Gasteiger partial charge in [0.05, 0.1) is 0 Å². The first-order valence-electron chi connectivity index (χ1n) is 7.14. The summed E-state index contributed by atoms with van der Waals surface area (Å²) in [5, 5.41) is 4.49. The lowest BCUT2D eigenvalue weighted by molar-refractivity contribution is -0.131. The number of carbonyl (C=O) groups excluding carboxylic acids is 1. The van der Waals surface area contributed by atoms with Crippen molar-refractivity contribution in [3.05, 3.63) is 0 Å². The molecule has 0 aromatic heterocycles. The molecule has 0 radical (unpaired) electrons. The Morgan fingerprint density at radius 3 is 2.83 bits per heavy atom. The molecule has 1 amide bonds. The third-order valence-corrected chi connectivity index (χ3v) is 3.38. The monoisotopic (exact) mass is 253 g/mol. The molecule has 0 bridgehead atoms. The summed E-state index contributed by atoms with van der Waals surface area (Å²) in [6.07, 6.45) is 3.43. The number of amides is 1. The van der Waals surface area contributed by atoms with Gasteiger partial charge in [-0.15, -0.1) is 0 Å². The standard InChI is InChI=1S/C14H27N3O/c1-5-6-14(18)17-9-7-12(4)15-16-13(8-10-17)11(2)3/h11-12,15H,5-10H2,1-4H3/b16-13+. The van der Waals surface area contributed by atoms with Crippen molar-refractivity contribution in [3.63, 3.8) is 0 Å². The van der Waals surface area contributed by atoms with Gasteiger partial charge < -0.3 is 10.3 Å². The van der Waals surface area contributed by atoms with Crippen LogP contribution in [0.25, 0.3) is 0 Å². The minimum Gasteiger partial charge on any atom is -0.342 e. The molecule has 1 aliphatic heterocycles. The van der Waals surface area contributed by atoms with Gasteiger partial charge in [0.2, 0.25) is 5.91 Å². The molecule has 18 heavy (non-hydrogen) atoms. The summed E-state index contributed by atoms with van der Waals surface area (Å²) in [5.74, 6) is 0.723. The molecular formula is C14H27N3O. The lowest BCUT2D eigenvalue weighted by atomic mass is 10.1. The first-order chi connectivity index (χ1) is 8.54. The summed E-state index contributed by atoms with van der Waals surface area (Å²) in [4.78, 5) is 14.0. The number of nitrogens with zero attached hydrogens (tertiary/aromatic N) is 2. The lowest BCUT2D eigenvalue weighted by Crippen LogP contribution is -2.35. The predicted molar refractivity (Wildman–Crippen MR) is 75.6 cm³/mol. The van der Waals surface area contributed by atoms with E-state index in [4.69, 9.17) is 0 Å². The molecule has 1 heterocycles. The molecule has 0 spiro atoms. The maximum Gasteiger partial charge on any atom is 0.222 e. The van der Waals surface area contributed by atoms with Gasteiger partial charge in [0.15, 0.2) is 0 Å². The van der Waals surface area contributed by atoms with Crippen LogP contribution >= 0.6 is 0 Å². The van der Waals surface area contributed by atoms with Gasteiger partial charge >= 0.3 is 0 Å². The second-order valence-corrected chi connectivity index (χ2v) is 5.46. The average molecular weight is 253 g/mol. The van der Waals surface area contributed by atoms with Gasteiger partial charge in [-0.1, -0.05) is 20.8 Å². The molecule has 1 atom stereocenters. The van der Waals surface area contributed by atoms with Crippen molar-refractivity contribution in [1.29, 1.82) is 0 Å². The van der Waals surface area contributed by atoms with Crippen molar-refractivity contribution in [3.8, 4) is 0 Å². The maximum atomic E-state index is 12.0. The number of rotatable bonds is 3. The third-order valence-electron chi connectivity index (χ3n) is 3.38. The molecule has 1 unspecified atom stereocenters. The van der Waals surface area contributed by atoms with Crippen LogP contribution in [0.15, 0.2) is 5.10 Å². The zero-order valence-electron chi connectivity index (χ0n) is 12.2. The van der Waals surface area contributed by atoms with Crippen LogP contribution in [-0.2, 0) is 4.79 Å². The van der Waals surface area contributed by atoms with Crippen LogP contribution in [-0.4, -0.2) is 35.7 Å². The van der Waals surface area contributed by atoms with Crippen molar-refractivity contribution in [1.82, 2.24) is 10.3 Å². The number of carbonyl (C=O) groups is 1. The second kappa shape index (κ2) is 7.39. The van der Waals surface area contributed by atoms with E-state index in [0.717, 1.165) is 38.1 Å². The number of hydrogen-bond donors (Lipinski definition) is 1. The van der Waals surface area contributed by atoms with E-state index in [1.165, 1.54) is 0 Å². The minimum atomic E-state index is 0.287. The van der Waals surface area contributed by atoms with E-state index < -0.39 is 0 Å². The summed E-state index contributed by atoms with van der Waals surface area (Å²) >= 11 is 0.